The molecule has 1 rings (SSSR count). The molecule has 0 spiro atoms. The van der Waals surface area contributed by atoms with Crippen molar-refractivity contribution in [2.24, 2.45) is 17.4 Å². The van der Waals surface area contributed by atoms with Gasteiger partial charge in [0.2, 0.25) is 0 Å². The van der Waals surface area contributed by atoms with E-state index in [9.17, 15) is 0 Å². The van der Waals surface area contributed by atoms with Crippen LogP contribution in [0.25, 0.3) is 0 Å². The summed E-state index contributed by atoms with van der Waals surface area (Å²) in [6.07, 6.45) is 2.19. The minimum Gasteiger partial charge on any atom is -0.330 e. The van der Waals surface area contributed by atoms with Crippen molar-refractivity contribution in [3.05, 3.63) is 0 Å². The van der Waals surface area contributed by atoms with Crippen LogP contribution < -0.4 is 16.8 Å². The van der Waals surface area contributed by atoms with Crippen LogP contribution in [-0.2, 0) is 0 Å². The molecule has 1 aliphatic rings. The molecule has 0 bridgehead atoms. The fraction of sp³-hybridized carbons (Fsp3) is 1.00. The van der Waals surface area contributed by atoms with E-state index in [1.54, 1.807) is 0 Å². The summed E-state index contributed by atoms with van der Waals surface area (Å²) in [7, 11) is 0. The fourth-order valence-electron chi connectivity index (χ4n) is 1.47. The molecule has 0 saturated carbocycles. The minimum absolute atomic E-state index is 0.319. The molecule has 1 fully saturated rings. The highest BCUT2D eigenvalue weighted by Gasteiger charge is 2.20. The predicted molar refractivity (Wildman–Crippen MR) is 42.6 cm³/mol. The Morgan fingerprint density at radius 1 is 1.60 bits per heavy atom. The van der Waals surface area contributed by atoms with E-state index in [-0.39, 0.29) is 0 Å². The molecule has 0 aliphatic carbocycles. The maximum absolute atomic E-state index is 5.87. The Labute approximate surface area is 62.2 Å². The van der Waals surface area contributed by atoms with Gasteiger partial charge in [-0.15, -0.1) is 0 Å². The van der Waals surface area contributed by atoms with Crippen molar-refractivity contribution in [1.29, 1.82) is 0 Å². The molecular weight excluding hydrogens is 126 g/mol. The van der Waals surface area contributed by atoms with Crippen LogP contribution in [0.3, 0.4) is 0 Å². The Kier molecular flexibility index (Phi) is 3.12. The Hall–Kier alpha value is -0.120. The van der Waals surface area contributed by atoms with Gasteiger partial charge in [0.15, 0.2) is 0 Å². The smallest absolute Gasteiger partial charge is 0.00917 e. The van der Waals surface area contributed by atoms with Gasteiger partial charge in [0, 0.05) is 6.04 Å². The first-order valence-electron chi connectivity index (χ1n) is 4.01. The average molecular weight is 143 g/mol. The number of rotatable bonds is 3. The summed E-state index contributed by atoms with van der Waals surface area (Å²) < 4.78 is 0. The van der Waals surface area contributed by atoms with Crippen LogP contribution in [0.15, 0.2) is 0 Å². The number of hydrogen-bond donors (Lipinski definition) is 3. The zero-order chi connectivity index (χ0) is 7.40. The standard InChI is InChI=1S/C7H17N3/c8-3-1-7(9)6-2-4-10-5-6/h6-7,10H,1-5,8-9H2. The van der Waals surface area contributed by atoms with E-state index in [4.69, 9.17) is 11.5 Å². The van der Waals surface area contributed by atoms with Gasteiger partial charge < -0.3 is 16.8 Å². The van der Waals surface area contributed by atoms with Gasteiger partial charge in [-0.1, -0.05) is 0 Å². The van der Waals surface area contributed by atoms with Crippen molar-refractivity contribution in [2.45, 2.75) is 18.9 Å². The van der Waals surface area contributed by atoms with Crippen molar-refractivity contribution in [2.75, 3.05) is 19.6 Å². The second-order valence-electron chi connectivity index (χ2n) is 2.99. The summed E-state index contributed by atoms with van der Waals surface area (Å²) in [6.45, 7) is 2.93. The highest BCUT2D eigenvalue weighted by Crippen LogP contribution is 2.12. The Morgan fingerprint density at radius 2 is 2.40 bits per heavy atom. The van der Waals surface area contributed by atoms with Gasteiger partial charge in [0.25, 0.3) is 0 Å². The van der Waals surface area contributed by atoms with Crippen LogP contribution in [0.5, 0.6) is 0 Å². The predicted octanol–water partition coefficient (Wildman–Crippen LogP) is -0.728. The maximum Gasteiger partial charge on any atom is 0.00917 e. The van der Waals surface area contributed by atoms with Gasteiger partial charge in [-0.25, -0.2) is 0 Å². The van der Waals surface area contributed by atoms with E-state index < -0.39 is 0 Å². The fourth-order valence-corrected chi connectivity index (χ4v) is 1.47. The zero-order valence-corrected chi connectivity index (χ0v) is 6.34. The van der Waals surface area contributed by atoms with E-state index in [1.165, 1.54) is 6.42 Å². The molecule has 1 saturated heterocycles. The molecule has 60 valence electrons. The summed E-state index contributed by atoms with van der Waals surface area (Å²) in [6, 6.07) is 0.319. The molecule has 0 amide bonds. The molecule has 2 unspecified atom stereocenters. The highest BCUT2D eigenvalue weighted by molar-refractivity contribution is 4.80. The Bertz CT molecular complexity index is 88.9. The van der Waals surface area contributed by atoms with Gasteiger partial charge in [0.1, 0.15) is 0 Å². The number of nitrogens with one attached hydrogen (secondary N) is 1. The third-order valence-corrected chi connectivity index (χ3v) is 2.20. The van der Waals surface area contributed by atoms with E-state index in [1.807, 2.05) is 0 Å². The molecule has 1 aliphatic heterocycles. The van der Waals surface area contributed by atoms with Gasteiger partial charge >= 0.3 is 0 Å². The molecule has 0 radical (unpaired) electrons. The third kappa shape index (κ3) is 1.94. The van der Waals surface area contributed by atoms with Crippen molar-refractivity contribution in [3.8, 4) is 0 Å². The van der Waals surface area contributed by atoms with Crippen LogP contribution in [0.1, 0.15) is 12.8 Å². The van der Waals surface area contributed by atoms with E-state index in [0.29, 0.717) is 12.0 Å². The first-order chi connectivity index (χ1) is 4.84. The van der Waals surface area contributed by atoms with Gasteiger partial charge in [0.05, 0.1) is 0 Å². The van der Waals surface area contributed by atoms with Crippen LogP contribution in [0.4, 0.5) is 0 Å². The summed E-state index contributed by atoms with van der Waals surface area (Å²) in [4.78, 5) is 0. The first kappa shape index (κ1) is 7.98. The largest absolute Gasteiger partial charge is 0.330 e. The number of hydrogen-bond acceptors (Lipinski definition) is 3. The Morgan fingerprint density at radius 3 is 2.90 bits per heavy atom. The molecule has 2 atom stereocenters. The van der Waals surface area contributed by atoms with Crippen LogP contribution in [0.2, 0.25) is 0 Å². The monoisotopic (exact) mass is 143 g/mol. The molecule has 5 N–H and O–H groups in total. The van der Waals surface area contributed by atoms with Crippen LogP contribution >= 0.6 is 0 Å². The first-order valence-corrected chi connectivity index (χ1v) is 4.01. The summed E-state index contributed by atoms with van der Waals surface area (Å²) in [5.74, 6) is 0.670. The lowest BCUT2D eigenvalue weighted by atomic mass is 9.97. The molecule has 0 aromatic rings. The molecule has 3 nitrogen and oxygen atoms in total. The maximum atomic E-state index is 5.87. The highest BCUT2D eigenvalue weighted by atomic mass is 14.9. The molecule has 1 heterocycles. The second-order valence-corrected chi connectivity index (χ2v) is 2.99. The summed E-state index contributed by atoms with van der Waals surface area (Å²) in [5.41, 5.74) is 11.3. The summed E-state index contributed by atoms with van der Waals surface area (Å²) >= 11 is 0. The van der Waals surface area contributed by atoms with Gasteiger partial charge in [-0.3, -0.25) is 0 Å². The molecular formula is C7H17N3. The van der Waals surface area contributed by atoms with E-state index in [2.05, 4.69) is 5.32 Å². The molecule has 0 aromatic heterocycles. The molecule has 0 aromatic carbocycles. The van der Waals surface area contributed by atoms with Crippen LogP contribution in [-0.4, -0.2) is 25.7 Å². The average Bonchev–Trinajstić information content (AvgIpc) is 2.38. The lowest BCUT2D eigenvalue weighted by Gasteiger charge is -2.16. The van der Waals surface area contributed by atoms with Crippen LogP contribution in [0, 0.1) is 5.92 Å². The van der Waals surface area contributed by atoms with Crippen molar-refractivity contribution in [3.63, 3.8) is 0 Å². The molecule has 3 heteroatoms. The SMILES string of the molecule is NCCC(N)C1CCNC1. The van der Waals surface area contributed by atoms with Gasteiger partial charge in [-0.2, -0.15) is 0 Å². The topological polar surface area (TPSA) is 64.1 Å². The summed E-state index contributed by atoms with van der Waals surface area (Å²) in [5, 5.41) is 3.29. The van der Waals surface area contributed by atoms with Gasteiger partial charge in [-0.05, 0) is 38.4 Å². The van der Waals surface area contributed by atoms with E-state index >= 15 is 0 Å². The normalized spacial score (nSPS) is 28.8. The third-order valence-electron chi connectivity index (χ3n) is 2.20. The lowest BCUT2D eigenvalue weighted by Crippen LogP contribution is -2.33. The zero-order valence-electron chi connectivity index (χ0n) is 6.34. The minimum atomic E-state index is 0.319. The quantitative estimate of drug-likeness (QED) is 0.488. The van der Waals surface area contributed by atoms with Crippen molar-refractivity contribution >= 4 is 0 Å². The van der Waals surface area contributed by atoms with E-state index in [0.717, 1.165) is 26.1 Å². The van der Waals surface area contributed by atoms with Crippen molar-refractivity contribution < 1.29 is 0 Å². The Balaban J connectivity index is 2.18. The second kappa shape index (κ2) is 3.91. The molecule has 10 heavy (non-hydrogen) atoms. The number of nitrogens with two attached hydrogens (primary N) is 2. The lowest BCUT2D eigenvalue weighted by molar-refractivity contribution is 0.435. The van der Waals surface area contributed by atoms with Crippen molar-refractivity contribution in [1.82, 2.24) is 5.32 Å².